The Balaban J connectivity index is 2.38. The maximum absolute atomic E-state index is 2.73. The van der Waals surface area contributed by atoms with Crippen LogP contribution in [0.5, 0.6) is 0 Å². The van der Waals surface area contributed by atoms with Gasteiger partial charge in [0.25, 0.3) is 0 Å². The lowest BCUT2D eigenvalue weighted by molar-refractivity contribution is 0.163. The minimum atomic E-state index is 0.782. The molecule has 3 unspecified atom stereocenters. The van der Waals surface area contributed by atoms with Gasteiger partial charge in [0.2, 0.25) is 0 Å². The molecular formula is C16H33N. The smallest absolute Gasteiger partial charge is 0.00695 e. The maximum Gasteiger partial charge on any atom is 0.00695 e. The van der Waals surface area contributed by atoms with Crippen molar-refractivity contribution in [1.29, 1.82) is 0 Å². The van der Waals surface area contributed by atoms with E-state index < -0.39 is 0 Å². The summed E-state index contributed by atoms with van der Waals surface area (Å²) in [6.45, 7) is 14.7. The molecule has 0 radical (unpaired) electrons. The topological polar surface area (TPSA) is 3.24 Å². The quantitative estimate of drug-likeness (QED) is 0.679. The predicted octanol–water partition coefficient (Wildman–Crippen LogP) is 4.57. The van der Waals surface area contributed by atoms with E-state index in [1.54, 1.807) is 0 Å². The van der Waals surface area contributed by atoms with Crippen LogP contribution < -0.4 is 0 Å². The summed E-state index contributed by atoms with van der Waals surface area (Å²) in [5, 5.41) is 0. The highest BCUT2D eigenvalue weighted by atomic mass is 15.1. The fraction of sp³-hybridized carbons (Fsp3) is 1.00. The van der Waals surface area contributed by atoms with Crippen LogP contribution in [0.25, 0.3) is 0 Å². The molecule has 3 atom stereocenters. The monoisotopic (exact) mass is 239 g/mol. The first-order chi connectivity index (χ1) is 8.02. The zero-order valence-corrected chi connectivity index (χ0v) is 12.7. The largest absolute Gasteiger partial charge is 0.301 e. The molecule has 1 heterocycles. The first-order valence-corrected chi connectivity index (χ1v) is 7.76. The van der Waals surface area contributed by atoms with E-state index in [1.165, 1.54) is 45.2 Å². The van der Waals surface area contributed by atoms with Crippen LogP contribution in [0.4, 0.5) is 0 Å². The first-order valence-electron chi connectivity index (χ1n) is 7.76. The Morgan fingerprint density at radius 3 is 1.82 bits per heavy atom. The molecule has 0 amide bonds. The number of rotatable bonds is 5. The Morgan fingerprint density at radius 1 is 0.824 bits per heavy atom. The highest BCUT2D eigenvalue weighted by molar-refractivity contribution is 4.75. The summed E-state index contributed by atoms with van der Waals surface area (Å²) in [7, 11) is 0. The van der Waals surface area contributed by atoms with Gasteiger partial charge in [-0.05, 0) is 57.0 Å². The van der Waals surface area contributed by atoms with Gasteiger partial charge in [0, 0.05) is 6.04 Å². The van der Waals surface area contributed by atoms with Gasteiger partial charge in [-0.25, -0.2) is 0 Å². The lowest BCUT2D eigenvalue weighted by Gasteiger charge is -2.32. The molecular weight excluding hydrogens is 206 g/mol. The summed E-state index contributed by atoms with van der Waals surface area (Å²) < 4.78 is 0. The van der Waals surface area contributed by atoms with E-state index in [1.807, 2.05) is 0 Å². The highest BCUT2D eigenvalue weighted by Gasteiger charge is 2.22. The average Bonchev–Trinajstić information content (AvgIpc) is 2.56. The van der Waals surface area contributed by atoms with Crippen LogP contribution in [0.1, 0.15) is 66.7 Å². The second-order valence-electron chi connectivity index (χ2n) is 6.62. The van der Waals surface area contributed by atoms with Crippen LogP contribution in [0, 0.1) is 17.8 Å². The normalized spacial score (nSPS) is 24.4. The van der Waals surface area contributed by atoms with Crippen LogP contribution in [0.15, 0.2) is 0 Å². The van der Waals surface area contributed by atoms with Gasteiger partial charge in [0.05, 0.1) is 0 Å². The molecule has 1 saturated heterocycles. The van der Waals surface area contributed by atoms with Gasteiger partial charge in [0.1, 0.15) is 0 Å². The summed E-state index contributed by atoms with van der Waals surface area (Å²) in [6, 6.07) is 0.782. The molecule has 0 aromatic rings. The molecule has 1 rings (SSSR count). The SMILES string of the molecule is CC(C)C(C)C(C)CC(C)N1CCCCCC1. The van der Waals surface area contributed by atoms with Crippen molar-refractivity contribution in [3.63, 3.8) is 0 Å². The van der Waals surface area contributed by atoms with E-state index in [4.69, 9.17) is 0 Å². The van der Waals surface area contributed by atoms with Gasteiger partial charge in [-0.1, -0.05) is 40.5 Å². The fourth-order valence-electron chi connectivity index (χ4n) is 3.09. The van der Waals surface area contributed by atoms with E-state index in [9.17, 15) is 0 Å². The van der Waals surface area contributed by atoms with Crippen LogP contribution in [-0.2, 0) is 0 Å². The maximum atomic E-state index is 2.73. The number of hydrogen-bond acceptors (Lipinski definition) is 1. The third-order valence-electron chi connectivity index (χ3n) is 4.93. The Bertz CT molecular complexity index is 192. The molecule has 0 saturated carbocycles. The molecule has 0 spiro atoms. The van der Waals surface area contributed by atoms with E-state index in [2.05, 4.69) is 39.5 Å². The number of hydrogen-bond donors (Lipinski definition) is 0. The van der Waals surface area contributed by atoms with Gasteiger partial charge >= 0.3 is 0 Å². The van der Waals surface area contributed by atoms with Crippen LogP contribution in [0.3, 0.4) is 0 Å². The number of nitrogens with zero attached hydrogens (tertiary/aromatic N) is 1. The van der Waals surface area contributed by atoms with Gasteiger partial charge in [-0.15, -0.1) is 0 Å². The molecule has 1 nitrogen and oxygen atoms in total. The van der Waals surface area contributed by atoms with Crippen molar-refractivity contribution in [1.82, 2.24) is 4.90 Å². The summed E-state index contributed by atoms with van der Waals surface area (Å²) in [4.78, 5) is 2.73. The molecule has 1 heteroatoms. The molecule has 17 heavy (non-hydrogen) atoms. The molecule has 0 N–H and O–H groups in total. The third kappa shape index (κ3) is 4.99. The second-order valence-corrected chi connectivity index (χ2v) is 6.62. The minimum absolute atomic E-state index is 0.782. The number of likely N-dealkylation sites (tertiary alicyclic amines) is 1. The molecule has 0 aliphatic carbocycles. The third-order valence-corrected chi connectivity index (χ3v) is 4.93. The van der Waals surface area contributed by atoms with E-state index in [0.717, 1.165) is 23.8 Å². The lowest BCUT2D eigenvalue weighted by atomic mass is 9.82. The van der Waals surface area contributed by atoms with Gasteiger partial charge in [-0.3, -0.25) is 0 Å². The van der Waals surface area contributed by atoms with E-state index >= 15 is 0 Å². The Kier molecular flexibility index (Phi) is 6.54. The van der Waals surface area contributed by atoms with Crippen LogP contribution in [-0.4, -0.2) is 24.0 Å². The molecule has 0 aromatic heterocycles. The summed E-state index contributed by atoms with van der Waals surface area (Å²) in [5.74, 6) is 2.53. The van der Waals surface area contributed by atoms with Gasteiger partial charge in [-0.2, -0.15) is 0 Å². The molecule has 1 aliphatic heterocycles. The van der Waals surface area contributed by atoms with Crippen LogP contribution in [0.2, 0.25) is 0 Å². The average molecular weight is 239 g/mol. The Hall–Kier alpha value is -0.0400. The molecule has 1 fully saturated rings. The first kappa shape index (κ1) is 15.0. The summed E-state index contributed by atoms with van der Waals surface area (Å²) in [6.07, 6.45) is 7.10. The lowest BCUT2D eigenvalue weighted by Crippen LogP contribution is -2.36. The Labute approximate surface area is 109 Å². The predicted molar refractivity (Wildman–Crippen MR) is 77.3 cm³/mol. The van der Waals surface area contributed by atoms with E-state index in [0.29, 0.717) is 0 Å². The van der Waals surface area contributed by atoms with Crippen molar-refractivity contribution in [2.24, 2.45) is 17.8 Å². The van der Waals surface area contributed by atoms with Crippen LogP contribution >= 0.6 is 0 Å². The van der Waals surface area contributed by atoms with E-state index in [-0.39, 0.29) is 0 Å². The second kappa shape index (κ2) is 7.41. The van der Waals surface area contributed by atoms with Crippen molar-refractivity contribution < 1.29 is 0 Å². The van der Waals surface area contributed by atoms with Crippen molar-refractivity contribution in [3.05, 3.63) is 0 Å². The summed E-state index contributed by atoms with van der Waals surface area (Å²) in [5.41, 5.74) is 0. The molecule has 102 valence electrons. The van der Waals surface area contributed by atoms with Crippen molar-refractivity contribution in [3.8, 4) is 0 Å². The van der Waals surface area contributed by atoms with Gasteiger partial charge < -0.3 is 4.90 Å². The van der Waals surface area contributed by atoms with Crippen molar-refractivity contribution >= 4 is 0 Å². The van der Waals surface area contributed by atoms with Crippen molar-refractivity contribution in [2.75, 3.05) is 13.1 Å². The molecule has 0 aromatic carbocycles. The van der Waals surface area contributed by atoms with Gasteiger partial charge in [0.15, 0.2) is 0 Å². The molecule has 0 bridgehead atoms. The highest BCUT2D eigenvalue weighted by Crippen LogP contribution is 2.26. The summed E-state index contributed by atoms with van der Waals surface area (Å²) >= 11 is 0. The zero-order valence-electron chi connectivity index (χ0n) is 12.7. The fourth-order valence-corrected chi connectivity index (χ4v) is 3.09. The molecule has 1 aliphatic rings. The zero-order chi connectivity index (χ0) is 12.8. The standard InChI is InChI=1S/C16H33N/c1-13(2)16(5)14(3)12-15(4)17-10-8-6-7-9-11-17/h13-16H,6-12H2,1-5H3. The Morgan fingerprint density at radius 2 is 1.35 bits per heavy atom. The minimum Gasteiger partial charge on any atom is -0.301 e. The van der Waals surface area contributed by atoms with Crippen molar-refractivity contribution in [2.45, 2.75) is 72.8 Å².